The number of alkyl halides is 1. The number of hydrogen-bond donors (Lipinski definition) is 1. The van der Waals surface area contributed by atoms with E-state index in [-0.39, 0.29) is 5.41 Å². The van der Waals surface area contributed by atoms with E-state index >= 15 is 0 Å². The summed E-state index contributed by atoms with van der Waals surface area (Å²) in [6.45, 7) is 8.63. The van der Waals surface area contributed by atoms with Crippen LogP contribution in [0, 0.1) is 0 Å². The number of imidazole rings is 1. The van der Waals surface area contributed by atoms with Crippen molar-refractivity contribution in [3.8, 4) is 11.4 Å². The van der Waals surface area contributed by atoms with Crippen LogP contribution in [-0.4, -0.2) is 19.7 Å². The first-order valence-electron chi connectivity index (χ1n) is 6.03. The molecular weight excluding hydrogens is 339 g/mol. The lowest BCUT2D eigenvalue weighted by molar-refractivity contribution is 0.553. The Morgan fingerprint density at radius 2 is 2.06 bits per heavy atom. The third kappa shape index (κ3) is 2.60. The maximum absolute atomic E-state index is 4.58. The van der Waals surface area contributed by atoms with Crippen LogP contribution < -0.4 is 0 Å². The van der Waals surface area contributed by atoms with E-state index in [1.165, 1.54) is 0 Å². The topological polar surface area (TPSA) is 46.5 Å². The fraction of sp³-hybridized carbons (Fsp3) is 0.538. The molecule has 0 aliphatic heterocycles. The quantitative estimate of drug-likeness (QED) is 0.659. The van der Waals surface area contributed by atoms with Gasteiger partial charge < -0.3 is 4.98 Å². The summed E-state index contributed by atoms with van der Waals surface area (Å²) < 4.78 is 2.29. The van der Waals surface area contributed by atoms with Crippen molar-refractivity contribution in [2.45, 2.75) is 37.0 Å². The highest BCUT2D eigenvalue weighted by atomic mass is 127. The molecular formula is C13H19IN4. The average molecular weight is 358 g/mol. The normalized spacial score (nSPS) is 13.9. The second-order valence-corrected chi connectivity index (χ2v) is 7.45. The van der Waals surface area contributed by atoms with Gasteiger partial charge >= 0.3 is 0 Å². The number of aryl methyl sites for hydroxylation is 1. The minimum atomic E-state index is 0.0649. The summed E-state index contributed by atoms with van der Waals surface area (Å²) >= 11 is 2.35. The van der Waals surface area contributed by atoms with Gasteiger partial charge in [0.15, 0.2) is 0 Å². The maximum Gasteiger partial charge on any atom is 0.119 e. The molecule has 4 nitrogen and oxygen atoms in total. The summed E-state index contributed by atoms with van der Waals surface area (Å²) in [5, 5.41) is 4.58. The van der Waals surface area contributed by atoms with E-state index in [9.17, 15) is 0 Å². The molecule has 0 aromatic carbocycles. The van der Waals surface area contributed by atoms with Gasteiger partial charge in [-0.05, 0) is 13.0 Å². The highest BCUT2D eigenvalue weighted by Gasteiger charge is 2.20. The summed E-state index contributed by atoms with van der Waals surface area (Å²) in [5.41, 5.74) is 3.27. The van der Waals surface area contributed by atoms with Crippen LogP contribution in [0.4, 0.5) is 0 Å². The second-order valence-electron chi connectivity index (χ2n) is 5.59. The second kappa shape index (κ2) is 4.68. The molecule has 2 aromatic heterocycles. The average Bonchev–Trinajstić information content (AvgIpc) is 2.81. The molecule has 2 aromatic rings. The Labute approximate surface area is 121 Å². The van der Waals surface area contributed by atoms with Gasteiger partial charge in [0.25, 0.3) is 0 Å². The third-order valence-corrected chi connectivity index (χ3v) is 3.49. The summed E-state index contributed by atoms with van der Waals surface area (Å²) in [6.07, 6.45) is 1.88. The van der Waals surface area contributed by atoms with Crippen LogP contribution in [0.5, 0.6) is 0 Å². The zero-order valence-electron chi connectivity index (χ0n) is 11.5. The zero-order chi connectivity index (χ0) is 13.5. The van der Waals surface area contributed by atoms with Crippen LogP contribution in [0.25, 0.3) is 11.4 Å². The van der Waals surface area contributed by atoms with E-state index in [1.54, 1.807) is 0 Å². The largest absolute Gasteiger partial charge is 0.340 e. The van der Waals surface area contributed by atoms with Crippen LogP contribution in [-0.2, 0) is 12.5 Å². The number of nitrogens with zero attached hydrogens (tertiary/aromatic N) is 3. The first-order chi connectivity index (χ1) is 8.29. The molecule has 1 atom stereocenters. The first-order valence-corrected chi connectivity index (χ1v) is 7.27. The summed E-state index contributed by atoms with van der Waals surface area (Å²) in [5.74, 6) is 1.00. The number of rotatable bonds is 2. The third-order valence-electron chi connectivity index (χ3n) is 2.90. The van der Waals surface area contributed by atoms with Crippen molar-refractivity contribution in [1.82, 2.24) is 19.7 Å². The van der Waals surface area contributed by atoms with E-state index in [0.717, 1.165) is 22.9 Å². The number of hydrogen-bond acceptors (Lipinski definition) is 2. The van der Waals surface area contributed by atoms with Crippen molar-refractivity contribution in [3.05, 3.63) is 23.8 Å². The predicted molar refractivity (Wildman–Crippen MR) is 81.9 cm³/mol. The molecule has 2 heterocycles. The van der Waals surface area contributed by atoms with Gasteiger partial charge in [0.1, 0.15) is 5.82 Å². The molecule has 0 bridgehead atoms. The number of aromatic nitrogens is 4. The van der Waals surface area contributed by atoms with Crippen LogP contribution in [0.15, 0.2) is 12.3 Å². The smallest absolute Gasteiger partial charge is 0.119 e. The number of H-pyrrole nitrogens is 1. The fourth-order valence-corrected chi connectivity index (χ4v) is 2.07. The predicted octanol–water partition coefficient (Wildman–Crippen LogP) is 3.60. The van der Waals surface area contributed by atoms with Gasteiger partial charge in [-0.1, -0.05) is 43.4 Å². The van der Waals surface area contributed by atoms with E-state index in [0.29, 0.717) is 3.92 Å². The van der Waals surface area contributed by atoms with Crippen molar-refractivity contribution >= 4 is 22.6 Å². The standard InChI is InChI=1S/C13H19IN4/c1-8(14)12-15-7-9(16-12)10-6-11(13(2,3)4)17-18(10)5/h6-8H,1-5H3,(H,15,16). The van der Waals surface area contributed by atoms with Crippen molar-refractivity contribution < 1.29 is 0 Å². The summed E-state index contributed by atoms with van der Waals surface area (Å²) in [7, 11) is 1.97. The minimum absolute atomic E-state index is 0.0649. The van der Waals surface area contributed by atoms with Gasteiger partial charge in [-0.15, -0.1) is 0 Å². The van der Waals surface area contributed by atoms with Gasteiger partial charge in [0, 0.05) is 12.5 Å². The highest BCUT2D eigenvalue weighted by Crippen LogP contribution is 2.27. The van der Waals surface area contributed by atoms with Gasteiger partial charge in [-0.3, -0.25) is 4.68 Å². The Hall–Kier alpha value is -0.850. The maximum atomic E-state index is 4.58. The Bertz CT molecular complexity index is 546. The minimum Gasteiger partial charge on any atom is -0.340 e. The Kier molecular flexibility index (Phi) is 3.53. The SMILES string of the molecule is CC(I)c1ncc(-c2cc(C(C)(C)C)nn2C)[nH]1. The summed E-state index contributed by atoms with van der Waals surface area (Å²) in [6, 6.07) is 2.13. The van der Waals surface area contributed by atoms with Gasteiger partial charge in [0.05, 0.1) is 27.2 Å². The highest BCUT2D eigenvalue weighted by molar-refractivity contribution is 14.1. The summed E-state index contributed by atoms with van der Waals surface area (Å²) in [4.78, 5) is 7.76. The molecule has 18 heavy (non-hydrogen) atoms. The fourth-order valence-electron chi connectivity index (χ4n) is 1.75. The van der Waals surface area contributed by atoms with E-state index in [4.69, 9.17) is 0 Å². The molecule has 2 rings (SSSR count). The molecule has 0 spiro atoms. The number of aromatic amines is 1. The molecule has 0 saturated heterocycles. The van der Waals surface area contributed by atoms with Gasteiger partial charge in [-0.25, -0.2) is 4.98 Å². The molecule has 0 saturated carbocycles. The molecule has 0 radical (unpaired) electrons. The van der Waals surface area contributed by atoms with E-state index in [1.807, 2.05) is 17.9 Å². The van der Waals surface area contributed by atoms with Crippen molar-refractivity contribution in [2.24, 2.45) is 7.05 Å². The lowest BCUT2D eigenvalue weighted by Gasteiger charge is -2.13. The molecule has 98 valence electrons. The molecule has 0 fully saturated rings. The molecule has 1 unspecified atom stereocenters. The van der Waals surface area contributed by atoms with Crippen molar-refractivity contribution in [1.29, 1.82) is 0 Å². The lowest BCUT2D eigenvalue weighted by atomic mass is 9.92. The van der Waals surface area contributed by atoms with Crippen molar-refractivity contribution in [3.63, 3.8) is 0 Å². The van der Waals surface area contributed by atoms with Crippen LogP contribution in [0.1, 0.15) is 43.1 Å². The van der Waals surface area contributed by atoms with E-state index < -0.39 is 0 Å². The van der Waals surface area contributed by atoms with Gasteiger partial charge in [-0.2, -0.15) is 5.10 Å². The zero-order valence-corrected chi connectivity index (χ0v) is 13.6. The molecule has 0 amide bonds. The Balaban J connectivity index is 2.41. The van der Waals surface area contributed by atoms with Crippen molar-refractivity contribution in [2.75, 3.05) is 0 Å². The molecule has 0 aliphatic rings. The molecule has 5 heteroatoms. The lowest BCUT2D eigenvalue weighted by Crippen LogP contribution is -2.12. The van der Waals surface area contributed by atoms with E-state index in [2.05, 4.69) is 71.4 Å². The molecule has 1 N–H and O–H groups in total. The number of halogens is 1. The monoisotopic (exact) mass is 358 g/mol. The Morgan fingerprint density at radius 3 is 2.50 bits per heavy atom. The van der Waals surface area contributed by atoms with Crippen LogP contribution >= 0.6 is 22.6 Å². The van der Waals surface area contributed by atoms with Crippen LogP contribution in [0.3, 0.4) is 0 Å². The van der Waals surface area contributed by atoms with Gasteiger partial charge in [0.2, 0.25) is 0 Å². The first kappa shape index (κ1) is 13.6. The number of nitrogens with one attached hydrogen (secondary N) is 1. The Morgan fingerprint density at radius 1 is 1.39 bits per heavy atom. The molecule has 0 aliphatic carbocycles. The van der Waals surface area contributed by atoms with Crippen LogP contribution in [0.2, 0.25) is 0 Å².